The van der Waals surface area contributed by atoms with Crippen LogP contribution in [0.1, 0.15) is 30.9 Å². The fourth-order valence-corrected chi connectivity index (χ4v) is 4.91. The largest absolute Gasteiger partial charge is 0.342 e. The summed E-state index contributed by atoms with van der Waals surface area (Å²) < 4.78 is 27.3. The van der Waals surface area contributed by atoms with Crippen molar-refractivity contribution in [3.05, 3.63) is 29.3 Å². The van der Waals surface area contributed by atoms with Crippen LogP contribution in [0, 0.1) is 19.8 Å². The fourth-order valence-electron chi connectivity index (χ4n) is 3.23. The number of nitrogens with two attached hydrogens (primary N) is 1. The van der Waals surface area contributed by atoms with Gasteiger partial charge in [0.05, 0.1) is 4.90 Å². The molecule has 0 bridgehead atoms. The van der Waals surface area contributed by atoms with Crippen molar-refractivity contribution in [2.75, 3.05) is 26.7 Å². The third kappa shape index (κ3) is 4.76. The number of likely N-dealkylation sites (N-methyl/N-ethyl adjacent to an activating group) is 1. The number of halogens is 1. The van der Waals surface area contributed by atoms with Gasteiger partial charge in [-0.1, -0.05) is 17.7 Å². The second kappa shape index (κ2) is 9.17. The standard InChI is InChI=1S/C18H29N3O3S.ClH/c1-13-5-6-17(14(2)11-13)25(23,24)21-9-7-16(8-10-21)18(22)20(4)15(3)12-19;/h5-6,11,15-16H,7-10,12,19H2,1-4H3;1H. The van der Waals surface area contributed by atoms with E-state index in [1.54, 1.807) is 18.0 Å². The maximum atomic E-state index is 12.9. The van der Waals surface area contributed by atoms with Crippen LogP contribution in [-0.2, 0) is 14.8 Å². The first kappa shape index (κ1) is 22.9. The fraction of sp³-hybridized carbons (Fsp3) is 0.611. The average molecular weight is 404 g/mol. The van der Waals surface area contributed by atoms with E-state index in [0.717, 1.165) is 11.1 Å². The molecule has 1 heterocycles. The van der Waals surface area contributed by atoms with E-state index in [0.29, 0.717) is 37.4 Å². The van der Waals surface area contributed by atoms with Gasteiger partial charge in [-0.25, -0.2) is 8.42 Å². The molecule has 0 saturated carbocycles. The molecule has 1 aromatic rings. The molecule has 1 aliphatic rings. The van der Waals surface area contributed by atoms with Gasteiger partial charge in [-0.3, -0.25) is 4.79 Å². The first-order valence-electron chi connectivity index (χ1n) is 8.72. The second-order valence-corrected chi connectivity index (χ2v) is 8.89. The number of sulfonamides is 1. The summed E-state index contributed by atoms with van der Waals surface area (Å²) in [5.41, 5.74) is 7.43. The topological polar surface area (TPSA) is 83.7 Å². The predicted molar refractivity (Wildman–Crippen MR) is 106 cm³/mol. The van der Waals surface area contributed by atoms with Crippen LogP contribution < -0.4 is 5.73 Å². The highest BCUT2D eigenvalue weighted by Crippen LogP contribution is 2.27. The highest BCUT2D eigenvalue weighted by Gasteiger charge is 2.34. The number of hydrogen-bond acceptors (Lipinski definition) is 4. The molecule has 1 fully saturated rings. The van der Waals surface area contributed by atoms with Gasteiger partial charge in [-0.15, -0.1) is 12.4 Å². The van der Waals surface area contributed by atoms with Crippen molar-refractivity contribution >= 4 is 28.3 Å². The van der Waals surface area contributed by atoms with E-state index in [1.807, 2.05) is 32.9 Å². The lowest BCUT2D eigenvalue weighted by Gasteiger charge is -2.34. The molecular formula is C18H30ClN3O3S. The van der Waals surface area contributed by atoms with E-state index >= 15 is 0 Å². The molecule has 1 saturated heterocycles. The number of carbonyl (C=O) groups excluding carboxylic acids is 1. The van der Waals surface area contributed by atoms with Crippen LogP contribution in [0.5, 0.6) is 0 Å². The molecule has 1 amide bonds. The van der Waals surface area contributed by atoms with Crippen LogP contribution in [-0.4, -0.2) is 56.3 Å². The quantitative estimate of drug-likeness (QED) is 0.814. The summed E-state index contributed by atoms with van der Waals surface area (Å²) in [6.07, 6.45) is 1.09. The Morgan fingerprint density at radius 3 is 2.38 bits per heavy atom. The number of benzene rings is 1. The average Bonchev–Trinajstić information content (AvgIpc) is 2.59. The Kier molecular flexibility index (Phi) is 8.07. The highest BCUT2D eigenvalue weighted by molar-refractivity contribution is 7.89. The molecule has 6 nitrogen and oxygen atoms in total. The second-order valence-electron chi connectivity index (χ2n) is 6.98. The molecule has 148 valence electrons. The minimum Gasteiger partial charge on any atom is -0.342 e. The van der Waals surface area contributed by atoms with E-state index in [4.69, 9.17) is 5.73 Å². The smallest absolute Gasteiger partial charge is 0.243 e. The number of amides is 1. The van der Waals surface area contributed by atoms with Crippen molar-refractivity contribution < 1.29 is 13.2 Å². The van der Waals surface area contributed by atoms with Crippen LogP contribution in [0.15, 0.2) is 23.1 Å². The van der Waals surface area contributed by atoms with Gasteiger partial charge in [-0.05, 0) is 45.2 Å². The van der Waals surface area contributed by atoms with E-state index < -0.39 is 10.0 Å². The Bertz CT molecular complexity index is 731. The van der Waals surface area contributed by atoms with Gasteiger partial charge in [0, 0.05) is 38.6 Å². The minimum atomic E-state index is -3.51. The van der Waals surface area contributed by atoms with Gasteiger partial charge in [0.1, 0.15) is 0 Å². The van der Waals surface area contributed by atoms with Gasteiger partial charge >= 0.3 is 0 Å². The Morgan fingerprint density at radius 1 is 1.31 bits per heavy atom. The van der Waals surface area contributed by atoms with Gasteiger partial charge in [0.15, 0.2) is 0 Å². The molecule has 0 spiro atoms. The summed E-state index contributed by atoms with van der Waals surface area (Å²) in [5, 5.41) is 0. The van der Waals surface area contributed by atoms with Crippen LogP contribution in [0.25, 0.3) is 0 Å². The van der Waals surface area contributed by atoms with Crippen molar-refractivity contribution in [2.24, 2.45) is 11.7 Å². The van der Waals surface area contributed by atoms with Gasteiger partial charge in [0.2, 0.25) is 15.9 Å². The third-order valence-corrected chi connectivity index (χ3v) is 7.16. The van der Waals surface area contributed by atoms with Crippen molar-refractivity contribution in [1.82, 2.24) is 9.21 Å². The normalized spacial score (nSPS) is 17.4. The summed E-state index contributed by atoms with van der Waals surface area (Å²) in [5.74, 6) is -0.0777. The van der Waals surface area contributed by atoms with Crippen LogP contribution in [0.4, 0.5) is 0 Å². The highest BCUT2D eigenvalue weighted by atomic mass is 35.5. The van der Waals surface area contributed by atoms with Crippen LogP contribution in [0.3, 0.4) is 0 Å². The minimum absolute atomic E-state index is 0. The monoisotopic (exact) mass is 403 g/mol. The molecule has 2 N–H and O–H groups in total. The van der Waals surface area contributed by atoms with Gasteiger partial charge in [-0.2, -0.15) is 4.31 Å². The molecule has 0 aromatic heterocycles. The summed E-state index contributed by atoms with van der Waals surface area (Å²) in [6.45, 7) is 6.84. The molecular weight excluding hydrogens is 374 g/mol. The summed E-state index contributed by atoms with van der Waals surface area (Å²) in [7, 11) is -1.75. The number of piperidine rings is 1. The lowest BCUT2D eigenvalue weighted by atomic mass is 9.96. The number of nitrogens with zero attached hydrogens (tertiary/aromatic N) is 2. The zero-order chi connectivity index (χ0) is 18.8. The molecule has 8 heteroatoms. The Balaban J connectivity index is 0.00000338. The molecule has 1 aliphatic heterocycles. The Morgan fingerprint density at radius 2 is 1.88 bits per heavy atom. The Labute approximate surface area is 163 Å². The van der Waals surface area contributed by atoms with E-state index in [2.05, 4.69) is 0 Å². The van der Waals surface area contributed by atoms with E-state index in [9.17, 15) is 13.2 Å². The third-order valence-electron chi connectivity index (χ3n) is 5.10. The lowest BCUT2D eigenvalue weighted by molar-refractivity contribution is -0.137. The number of hydrogen-bond donors (Lipinski definition) is 1. The first-order chi connectivity index (χ1) is 11.7. The van der Waals surface area contributed by atoms with Crippen molar-refractivity contribution in [3.8, 4) is 0 Å². The summed E-state index contributed by atoms with van der Waals surface area (Å²) in [6, 6.07) is 5.36. The zero-order valence-corrected chi connectivity index (χ0v) is 17.6. The predicted octanol–water partition coefficient (Wildman–Crippen LogP) is 1.93. The number of carbonyl (C=O) groups is 1. The number of rotatable bonds is 5. The van der Waals surface area contributed by atoms with Gasteiger partial charge < -0.3 is 10.6 Å². The molecule has 0 aliphatic carbocycles. The van der Waals surface area contributed by atoms with Gasteiger partial charge in [0.25, 0.3) is 0 Å². The SMILES string of the molecule is Cc1ccc(S(=O)(=O)N2CCC(C(=O)N(C)C(C)CN)CC2)c(C)c1.Cl. The van der Waals surface area contributed by atoms with E-state index in [1.165, 1.54) is 4.31 Å². The Hall–Kier alpha value is -1.15. The van der Waals surface area contributed by atoms with Crippen molar-refractivity contribution in [2.45, 2.75) is 44.6 Å². The van der Waals surface area contributed by atoms with E-state index in [-0.39, 0.29) is 30.3 Å². The molecule has 0 radical (unpaired) electrons. The maximum Gasteiger partial charge on any atom is 0.243 e. The lowest BCUT2D eigenvalue weighted by Crippen LogP contribution is -2.47. The number of aryl methyl sites for hydroxylation is 2. The molecule has 26 heavy (non-hydrogen) atoms. The van der Waals surface area contributed by atoms with Crippen LogP contribution >= 0.6 is 12.4 Å². The van der Waals surface area contributed by atoms with Crippen molar-refractivity contribution in [1.29, 1.82) is 0 Å². The summed E-state index contributed by atoms with van der Waals surface area (Å²) >= 11 is 0. The molecule has 1 atom stereocenters. The zero-order valence-electron chi connectivity index (χ0n) is 15.9. The van der Waals surface area contributed by atoms with Crippen molar-refractivity contribution in [3.63, 3.8) is 0 Å². The molecule has 2 rings (SSSR count). The van der Waals surface area contributed by atoms with Crippen LogP contribution in [0.2, 0.25) is 0 Å². The first-order valence-corrected chi connectivity index (χ1v) is 10.2. The molecule has 1 aromatic carbocycles. The maximum absolute atomic E-state index is 12.9. The summed E-state index contributed by atoms with van der Waals surface area (Å²) in [4.78, 5) is 14.6. The molecule has 1 unspecified atom stereocenters.